The molecule has 0 atom stereocenters. The first-order valence-electron chi connectivity index (χ1n) is 16.0. The highest BCUT2D eigenvalue weighted by Gasteiger charge is 2.29. The van der Waals surface area contributed by atoms with Crippen LogP contribution in [0.4, 0.5) is 10.1 Å². The zero-order chi connectivity index (χ0) is 31.0. The number of nitrogens with zero attached hydrogens (tertiary/aromatic N) is 5. The predicted molar refractivity (Wildman–Crippen MR) is 176 cm³/mol. The molecule has 6 heterocycles. The van der Waals surface area contributed by atoms with Gasteiger partial charge in [-0.2, -0.15) is 0 Å². The Labute approximate surface area is 266 Å². The van der Waals surface area contributed by atoms with E-state index < -0.39 is 0 Å². The summed E-state index contributed by atoms with van der Waals surface area (Å²) in [5.74, 6) is 0.306. The maximum absolute atomic E-state index is 14.8. The number of benzene rings is 1. The number of amides is 1. The van der Waals surface area contributed by atoms with Crippen molar-refractivity contribution in [2.24, 2.45) is 10.9 Å². The van der Waals surface area contributed by atoms with Crippen LogP contribution in [-0.4, -0.2) is 69.2 Å². The number of fused-ring (bicyclic) bond motifs is 2. The standard InChI is InChI=1S/C36H34FN7O2/c37-26-13-24(15-28(16-26)46-12-11-44-9-1-2-10-44)30-20-39-21-33-29(30)17-32(42-33)35-34-22(7-8-40-35)5-6-31(43-34)25-14-27(19-38-18-25)41-36(45)23-3-4-23/h5-6,13-21,23,42H,1-4,7-12H2,(H,41,45). The Bertz CT molecular complexity index is 1980. The number of pyridine rings is 3. The Morgan fingerprint density at radius 2 is 1.87 bits per heavy atom. The highest BCUT2D eigenvalue weighted by atomic mass is 19.1. The molecule has 2 aliphatic heterocycles. The van der Waals surface area contributed by atoms with Crippen LogP contribution >= 0.6 is 0 Å². The lowest BCUT2D eigenvalue weighted by molar-refractivity contribution is -0.117. The molecule has 8 rings (SSSR count). The Kier molecular flexibility index (Phi) is 7.49. The Morgan fingerprint density at radius 1 is 1.00 bits per heavy atom. The van der Waals surface area contributed by atoms with Gasteiger partial charge in [0.15, 0.2) is 0 Å². The summed E-state index contributed by atoms with van der Waals surface area (Å²) in [6.07, 6.45) is 12.1. The third-order valence-electron chi connectivity index (χ3n) is 8.96. The van der Waals surface area contributed by atoms with Crippen LogP contribution in [0.2, 0.25) is 0 Å². The van der Waals surface area contributed by atoms with E-state index in [1.165, 1.54) is 25.0 Å². The third kappa shape index (κ3) is 5.88. The van der Waals surface area contributed by atoms with Crippen LogP contribution in [0.5, 0.6) is 5.75 Å². The van der Waals surface area contributed by atoms with Gasteiger partial charge in [0.2, 0.25) is 5.91 Å². The van der Waals surface area contributed by atoms with Gasteiger partial charge in [0, 0.05) is 54.0 Å². The molecule has 46 heavy (non-hydrogen) atoms. The van der Waals surface area contributed by atoms with Crippen LogP contribution in [0, 0.1) is 11.7 Å². The average Bonchev–Trinajstić information content (AvgIpc) is 3.63. The van der Waals surface area contributed by atoms with Crippen molar-refractivity contribution in [3.05, 3.63) is 90.0 Å². The van der Waals surface area contributed by atoms with E-state index in [9.17, 15) is 9.18 Å². The number of carbonyl (C=O) groups excluding carboxylic acids is 1. The van der Waals surface area contributed by atoms with Gasteiger partial charge in [0.05, 0.1) is 40.7 Å². The molecule has 1 aromatic carbocycles. The van der Waals surface area contributed by atoms with Crippen LogP contribution in [0.1, 0.15) is 42.6 Å². The molecule has 0 bridgehead atoms. The minimum absolute atomic E-state index is 0.0407. The zero-order valence-electron chi connectivity index (χ0n) is 25.4. The lowest BCUT2D eigenvalue weighted by atomic mass is 9.99. The van der Waals surface area contributed by atoms with E-state index in [2.05, 4.69) is 31.2 Å². The Hall–Kier alpha value is -4.96. The molecule has 4 aromatic heterocycles. The normalized spacial score (nSPS) is 16.3. The fourth-order valence-electron chi connectivity index (χ4n) is 6.38. The molecule has 1 aliphatic carbocycles. The molecule has 5 aromatic rings. The Balaban J connectivity index is 1.09. The van der Waals surface area contributed by atoms with E-state index in [1.807, 2.05) is 24.3 Å². The summed E-state index contributed by atoms with van der Waals surface area (Å²) in [7, 11) is 0. The molecule has 10 heteroatoms. The smallest absolute Gasteiger partial charge is 0.227 e. The van der Waals surface area contributed by atoms with Crippen molar-refractivity contribution in [1.82, 2.24) is 24.8 Å². The number of carbonyl (C=O) groups is 1. The number of anilines is 1. The van der Waals surface area contributed by atoms with Gasteiger partial charge in [-0.3, -0.25) is 24.7 Å². The summed E-state index contributed by atoms with van der Waals surface area (Å²) in [6, 6.07) is 12.9. The number of halogens is 1. The molecular formula is C36H34FN7O2. The molecule has 2 fully saturated rings. The van der Waals surface area contributed by atoms with Crippen LogP contribution in [-0.2, 0) is 11.2 Å². The number of ether oxygens (including phenoxy) is 1. The van der Waals surface area contributed by atoms with E-state index in [1.54, 1.807) is 24.8 Å². The first kappa shape index (κ1) is 28.5. The molecule has 0 radical (unpaired) electrons. The van der Waals surface area contributed by atoms with Gasteiger partial charge in [-0.05, 0) is 86.7 Å². The quantitative estimate of drug-likeness (QED) is 0.209. The maximum atomic E-state index is 14.8. The summed E-state index contributed by atoms with van der Waals surface area (Å²) in [5, 5.41) is 3.89. The predicted octanol–water partition coefficient (Wildman–Crippen LogP) is 6.04. The van der Waals surface area contributed by atoms with E-state index in [0.717, 1.165) is 89.3 Å². The van der Waals surface area contributed by atoms with Gasteiger partial charge in [-0.1, -0.05) is 6.07 Å². The van der Waals surface area contributed by atoms with Crippen LogP contribution in [0.3, 0.4) is 0 Å². The first-order chi connectivity index (χ1) is 22.6. The second-order valence-electron chi connectivity index (χ2n) is 12.3. The fourth-order valence-corrected chi connectivity index (χ4v) is 6.38. The molecule has 2 N–H and O–H groups in total. The van der Waals surface area contributed by atoms with Crippen molar-refractivity contribution in [2.45, 2.75) is 32.1 Å². The number of H-pyrrole nitrogens is 1. The SMILES string of the molecule is O=C(Nc1cncc(-c2ccc3c(n2)C(c2cc4c(-c5cc(F)cc(OCCN6CCCC6)c5)cncc4[nH]2)=NCC3)c1)C1CC1. The number of hydrogen-bond acceptors (Lipinski definition) is 7. The number of likely N-dealkylation sites (tertiary alicyclic amines) is 1. The summed E-state index contributed by atoms with van der Waals surface area (Å²) < 4.78 is 20.8. The van der Waals surface area contributed by atoms with Gasteiger partial charge >= 0.3 is 0 Å². The Morgan fingerprint density at radius 3 is 2.74 bits per heavy atom. The third-order valence-corrected chi connectivity index (χ3v) is 8.96. The maximum Gasteiger partial charge on any atom is 0.227 e. The van der Waals surface area contributed by atoms with Crippen molar-refractivity contribution < 1.29 is 13.9 Å². The average molecular weight is 616 g/mol. The second-order valence-corrected chi connectivity index (χ2v) is 12.3. The molecule has 1 saturated carbocycles. The monoisotopic (exact) mass is 615 g/mol. The highest BCUT2D eigenvalue weighted by Crippen LogP contribution is 2.34. The summed E-state index contributed by atoms with van der Waals surface area (Å²) in [5.41, 5.74) is 8.05. The minimum Gasteiger partial charge on any atom is -0.492 e. The second kappa shape index (κ2) is 12.1. The molecule has 1 saturated heterocycles. The largest absolute Gasteiger partial charge is 0.492 e. The van der Waals surface area contributed by atoms with Gasteiger partial charge in [0.25, 0.3) is 0 Å². The van der Waals surface area contributed by atoms with Gasteiger partial charge in [0.1, 0.15) is 23.9 Å². The topological polar surface area (TPSA) is 108 Å². The highest BCUT2D eigenvalue weighted by molar-refractivity contribution is 6.15. The fraction of sp³-hybridized carbons (Fsp3) is 0.306. The van der Waals surface area contributed by atoms with Crippen molar-refractivity contribution >= 4 is 28.2 Å². The molecule has 232 valence electrons. The van der Waals surface area contributed by atoms with Gasteiger partial charge in [-0.15, -0.1) is 0 Å². The van der Waals surface area contributed by atoms with E-state index >= 15 is 0 Å². The van der Waals surface area contributed by atoms with Crippen molar-refractivity contribution in [2.75, 3.05) is 38.1 Å². The number of rotatable bonds is 9. The molecule has 9 nitrogen and oxygen atoms in total. The lowest BCUT2D eigenvalue weighted by Crippen LogP contribution is -2.25. The first-order valence-corrected chi connectivity index (χ1v) is 16.0. The number of aromatic nitrogens is 4. The molecule has 0 spiro atoms. The summed E-state index contributed by atoms with van der Waals surface area (Å²) >= 11 is 0. The zero-order valence-corrected chi connectivity index (χ0v) is 25.4. The van der Waals surface area contributed by atoms with Crippen molar-refractivity contribution in [3.63, 3.8) is 0 Å². The summed E-state index contributed by atoms with van der Waals surface area (Å²) in [4.78, 5) is 37.0. The summed E-state index contributed by atoms with van der Waals surface area (Å²) in [6.45, 7) is 4.19. The van der Waals surface area contributed by atoms with Gasteiger partial charge < -0.3 is 15.0 Å². The van der Waals surface area contributed by atoms with Crippen molar-refractivity contribution in [3.8, 4) is 28.1 Å². The van der Waals surface area contributed by atoms with E-state index in [-0.39, 0.29) is 17.6 Å². The van der Waals surface area contributed by atoms with Gasteiger partial charge in [-0.25, -0.2) is 9.37 Å². The molecule has 1 amide bonds. The molecular weight excluding hydrogens is 581 g/mol. The van der Waals surface area contributed by atoms with Crippen LogP contribution < -0.4 is 10.1 Å². The number of nitrogens with one attached hydrogen (secondary N) is 2. The number of aliphatic imine (C=N–C) groups is 1. The number of hydrogen-bond donors (Lipinski definition) is 2. The van der Waals surface area contributed by atoms with Crippen LogP contribution in [0.15, 0.2) is 72.2 Å². The van der Waals surface area contributed by atoms with Crippen LogP contribution in [0.25, 0.3) is 33.3 Å². The van der Waals surface area contributed by atoms with Crippen molar-refractivity contribution in [1.29, 1.82) is 0 Å². The van der Waals surface area contributed by atoms with E-state index in [4.69, 9.17) is 14.7 Å². The molecule has 0 unspecified atom stereocenters. The minimum atomic E-state index is -0.352. The lowest BCUT2D eigenvalue weighted by Gasteiger charge is -2.16. The van der Waals surface area contributed by atoms with E-state index in [0.29, 0.717) is 30.2 Å². The molecule has 3 aliphatic rings. The number of aromatic amines is 1.